The Bertz CT molecular complexity index is 630. The van der Waals surface area contributed by atoms with Gasteiger partial charge in [-0.3, -0.25) is 0 Å². The van der Waals surface area contributed by atoms with Gasteiger partial charge in [-0.15, -0.1) is 0 Å². The van der Waals surface area contributed by atoms with E-state index in [0.29, 0.717) is 6.54 Å². The molecule has 0 aliphatic carbocycles. The zero-order valence-corrected chi connectivity index (χ0v) is 12.4. The van der Waals surface area contributed by atoms with E-state index in [1.165, 1.54) is 4.31 Å². The lowest BCUT2D eigenvalue weighted by atomic mass is 10.1. The molecule has 4 nitrogen and oxygen atoms in total. The third kappa shape index (κ3) is 2.69. The van der Waals surface area contributed by atoms with E-state index < -0.39 is 21.7 Å². The van der Waals surface area contributed by atoms with Crippen LogP contribution in [0.1, 0.15) is 25.7 Å². The molecular weight excluding hydrogens is 298 g/mol. The monoisotopic (exact) mass is 316 g/mol. The highest BCUT2D eigenvalue weighted by Gasteiger charge is 2.40. The summed E-state index contributed by atoms with van der Waals surface area (Å²) in [6, 6.07) is 2.83. The van der Waals surface area contributed by atoms with Gasteiger partial charge in [0.05, 0.1) is 4.90 Å². The molecule has 2 aliphatic rings. The van der Waals surface area contributed by atoms with Crippen LogP contribution in [0.3, 0.4) is 0 Å². The Hall–Kier alpha value is -1.05. The highest BCUT2D eigenvalue weighted by Crippen LogP contribution is 2.30. The van der Waals surface area contributed by atoms with E-state index in [1.54, 1.807) is 0 Å². The number of halogens is 2. The molecule has 3 rings (SSSR count). The number of sulfonamides is 1. The van der Waals surface area contributed by atoms with Crippen LogP contribution in [0, 0.1) is 11.6 Å². The van der Waals surface area contributed by atoms with E-state index in [1.807, 2.05) is 0 Å². The Morgan fingerprint density at radius 3 is 2.62 bits per heavy atom. The molecule has 21 heavy (non-hydrogen) atoms. The summed E-state index contributed by atoms with van der Waals surface area (Å²) in [4.78, 5) is -0.175. The molecule has 0 spiro atoms. The Morgan fingerprint density at radius 1 is 1.14 bits per heavy atom. The first-order chi connectivity index (χ1) is 10.00. The summed E-state index contributed by atoms with van der Waals surface area (Å²) in [5.74, 6) is -2.17. The Balaban J connectivity index is 1.91. The van der Waals surface area contributed by atoms with Crippen LogP contribution in [0.5, 0.6) is 0 Å². The van der Waals surface area contributed by atoms with Crippen molar-refractivity contribution in [1.29, 1.82) is 0 Å². The zero-order chi connectivity index (χ0) is 15.0. The molecule has 0 bridgehead atoms. The summed E-state index contributed by atoms with van der Waals surface area (Å²) in [7, 11) is -3.78. The molecule has 0 saturated carbocycles. The van der Waals surface area contributed by atoms with Crippen molar-refractivity contribution in [2.45, 2.75) is 42.7 Å². The first-order valence-electron chi connectivity index (χ1n) is 7.20. The lowest BCUT2D eigenvalue weighted by Gasteiger charge is -2.28. The van der Waals surface area contributed by atoms with Gasteiger partial charge in [0.15, 0.2) is 11.6 Å². The fourth-order valence-electron chi connectivity index (χ4n) is 3.28. The molecule has 0 radical (unpaired) electrons. The van der Waals surface area contributed by atoms with Crippen molar-refractivity contribution in [3.8, 4) is 0 Å². The Morgan fingerprint density at radius 2 is 1.95 bits per heavy atom. The Kier molecular flexibility index (Phi) is 3.98. The summed E-state index contributed by atoms with van der Waals surface area (Å²) in [6.45, 7) is 1.34. The maximum Gasteiger partial charge on any atom is 0.243 e. The number of hydrogen-bond acceptors (Lipinski definition) is 3. The molecule has 2 heterocycles. The van der Waals surface area contributed by atoms with Gasteiger partial charge in [0.1, 0.15) is 0 Å². The minimum Gasteiger partial charge on any atom is -0.312 e. The highest BCUT2D eigenvalue weighted by atomic mass is 32.2. The topological polar surface area (TPSA) is 49.4 Å². The Labute approximate surface area is 123 Å². The van der Waals surface area contributed by atoms with Gasteiger partial charge in [0.25, 0.3) is 0 Å². The average molecular weight is 316 g/mol. The van der Waals surface area contributed by atoms with Crippen LogP contribution in [0.2, 0.25) is 0 Å². The molecule has 0 amide bonds. The second-order valence-corrected chi connectivity index (χ2v) is 7.49. The molecule has 0 aromatic heterocycles. The van der Waals surface area contributed by atoms with Crippen LogP contribution >= 0.6 is 0 Å². The highest BCUT2D eigenvalue weighted by molar-refractivity contribution is 7.89. The van der Waals surface area contributed by atoms with Gasteiger partial charge >= 0.3 is 0 Å². The van der Waals surface area contributed by atoms with Crippen molar-refractivity contribution >= 4 is 10.0 Å². The fourth-order valence-corrected chi connectivity index (χ4v) is 5.02. The summed E-state index contributed by atoms with van der Waals surface area (Å²) in [5.41, 5.74) is 0. The number of hydrogen-bond donors (Lipinski definition) is 1. The van der Waals surface area contributed by atoms with E-state index in [2.05, 4.69) is 5.32 Å². The van der Waals surface area contributed by atoms with Gasteiger partial charge in [-0.25, -0.2) is 17.2 Å². The second kappa shape index (κ2) is 5.62. The molecule has 7 heteroatoms. The third-order valence-corrected chi connectivity index (χ3v) is 6.23. The van der Waals surface area contributed by atoms with Crippen molar-refractivity contribution < 1.29 is 17.2 Å². The first kappa shape index (κ1) is 14.9. The number of rotatable bonds is 3. The van der Waals surface area contributed by atoms with Crippen LogP contribution in [-0.2, 0) is 10.0 Å². The van der Waals surface area contributed by atoms with Crippen LogP contribution in [-0.4, -0.2) is 37.9 Å². The van der Waals surface area contributed by atoms with Crippen molar-refractivity contribution in [3.63, 3.8) is 0 Å². The largest absolute Gasteiger partial charge is 0.312 e. The average Bonchev–Trinajstić information content (AvgIpc) is 3.11. The van der Waals surface area contributed by atoms with Crippen LogP contribution < -0.4 is 5.32 Å². The van der Waals surface area contributed by atoms with E-state index in [9.17, 15) is 17.2 Å². The maximum atomic E-state index is 13.3. The van der Waals surface area contributed by atoms with Gasteiger partial charge in [-0.05, 0) is 50.4 Å². The summed E-state index contributed by atoms with van der Waals surface area (Å²) in [6.07, 6.45) is 3.60. The molecule has 2 aliphatic heterocycles. The molecule has 2 fully saturated rings. The number of nitrogens with one attached hydrogen (secondary N) is 1. The third-order valence-electron chi connectivity index (χ3n) is 4.31. The van der Waals surface area contributed by atoms with E-state index in [4.69, 9.17) is 0 Å². The van der Waals surface area contributed by atoms with Crippen LogP contribution in [0.25, 0.3) is 0 Å². The minimum atomic E-state index is -3.78. The van der Waals surface area contributed by atoms with Crippen molar-refractivity contribution in [2.75, 3.05) is 13.1 Å². The zero-order valence-electron chi connectivity index (χ0n) is 11.6. The first-order valence-corrected chi connectivity index (χ1v) is 8.64. The minimum absolute atomic E-state index is 0.0920. The molecule has 2 atom stereocenters. The molecule has 2 unspecified atom stereocenters. The van der Waals surface area contributed by atoms with E-state index >= 15 is 0 Å². The normalized spacial score (nSPS) is 27.3. The van der Waals surface area contributed by atoms with Gasteiger partial charge < -0.3 is 5.32 Å². The predicted octanol–water partition coefficient (Wildman–Crippen LogP) is 1.87. The predicted molar refractivity (Wildman–Crippen MR) is 74.3 cm³/mol. The fraction of sp³-hybridized carbons (Fsp3) is 0.571. The van der Waals surface area contributed by atoms with Crippen molar-refractivity contribution in [3.05, 3.63) is 29.8 Å². The molecule has 1 N–H and O–H groups in total. The maximum absolute atomic E-state index is 13.3. The molecule has 1 aromatic rings. The smallest absolute Gasteiger partial charge is 0.243 e. The van der Waals surface area contributed by atoms with Crippen LogP contribution in [0.15, 0.2) is 23.1 Å². The van der Waals surface area contributed by atoms with E-state index in [0.717, 1.165) is 50.4 Å². The van der Waals surface area contributed by atoms with Gasteiger partial charge in [0, 0.05) is 18.6 Å². The summed E-state index contributed by atoms with van der Waals surface area (Å²) in [5, 5.41) is 3.33. The number of benzene rings is 1. The SMILES string of the molecule is O=S(=O)(c1ccc(F)c(F)c1)N1CCCC1C1CCCN1. The second-order valence-electron chi connectivity index (χ2n) is 5.60. The number of nitrogens with zero attached hydrogens (tertiary/aromatic N) is 1. The molecule has 1 aromatic carbocycles. The standard InChI is InChI=1S/C14H18F2N2O2S/c15-11-6-5-10(9-12(11)16)21(19,20)18-8-2-4-14(18)13-3-1-7-17-13/h5-6,9,13-14,17H,1-4,7-8H2. The lowest BCUT2D eigenvalue weighted by molar-refractivity contribution is 0.321. The van der Waals surface area contributed by atoms with E-state index in [-0.39, 0.29) is 17.0 Å². The summed E-state index contributed by atoms with van der Waals surface area (Å²) < 4.78 is 53.1. The van der Waals surface area contributed by atoms with Crippen molar-refractivity contribution in [1.82, 2.24) is 9.62 Å². The van der Waals surface area contributed by atoms with Crippen LogP contribution in [0.4, 0.5) is 8.78 Å². The molecular formula is C14H18F2N2O2S. The molecule has 2 saturated heterocycles. The molecule has 116 valence electrons. The van der Waals surface area contributed by atoms with Gasteiger partial charge in [-0.2, -0.15) is 4.31 Å². The lowest BCUT2D eigenvalue weighted by Crippen LogP contribution is -2.46. The van der Waals surface area contributed by atoms with Gasteiger partial charge in [0.2, 0.25) is 10.0 Å². The quantitative estimate of drug-likeness (QED) is 0.926. The summed E-state index contributed by atoms with van der Waals surface area (Å²) >= 11 is 0. The van der Waals surface area contributed by atoms with Crippen molar-refractivity contribution in [2.24, 2.45) is 0 Å². The van der Waals surface area contributed by atoms with Gasteiger partial charge in [-0.1, -0.05) is 0 Å².